The molecule has 0 spiro atoms. The molecular formula is C18H24BrFO3. The van der Waals surface area contributed by atoms with Crippen LogP contribution in [0.2, 0.25) is 0 Å². The van der Waals surface area contributed by atoms with Gasteiger partial charge in [-0.1, -0.05) is 22.0 Å². The maximum Gasteiger partial charge on any atom is 0.314 e. The van der Waals surface area contributed by atoms with E-state index in [9.17, 15) is 9.18 Å². The van der Waals surface area contributed by atoms with Crippen molar-refractivity contribution in [2.45, 2.75) is 57.7 Å². The van der Waals surface area contributed by atoms with Gasteiger partial charge in [-0.2, -0.15) is 0 Å². The van der Waals surface area contributed by atoms with Crippen LogP contribution in [0.15, 0.2) is 18.2 Å². The Kier molecular flexibility index (Phi) is 6.20. The van der Waals surface area contributed by atoms with Crippen LogP contribution < -0.4 is 0 Å². The second-order valence-corrected chi connectivity index (χ2v) is 7.52. The minimum absolute atomic E-state index is 0.0802. The maximum absolute atomic E-state index is 13.8. The number of hydrogen-bond donors (Lipinski definition) is 0. The molecule has 0 saturated carbocycles. The summed E-state index contributed by atoms with van der Waals surface area (Å²) in [5.74, 6) is -1.25. The molecule has 0 N–H and O–H groups in total. The van der Waals surface area contributed by atoms with Crippen molar-refractivity contribution in [2.75, 3.05) is 11.9 Å². The summed E-state index contributed by atoms with van der Waals surface area (Å²) in [6.07, 6.45) is 2.93. The lowest BCUT2D eigenvalue weighted by atomic mass is 9.90. The van der Waals surface area contributed by atoms with E-state index >= 15 is 0 Å². The maximum atomic E-state index is 13.8. The quantitative estimate of drug-likeness (QED) is 0.545. The fourth-order valence-electron chi connectivity index (χ4n) is 2.77. The Labute approximate surface area is 145 Å². The van der Waals surface area contributed by atoms with Crippen LogP contribution in [-0.2, 0) is 14.3 Å². The number of halogens is 2. The van der Waals surface area contributed by atoms with Crippen molar-refractivity contribution in [1.29, 1.82) is 0 Å². The summed E-state index contributed by atoms with van der Waals surface area (Å²) >= 11 is 3.38. The summed E-state index contributed by atoms with van der Waals surface area (Å²) in [6, 6.07) is 4.60. The fourth-order valence-corrected chi connectivity index (χ4v) is 3.39. The van der Waals surface area contributed by atoms with Gasteiger partial charge in [-0.3, -0.25) is 4.79 Å². The van der Waals surface area contributed by atoms with E-state index in [-0.39, 0.29) is 17.9 Å². The Morgan fingerprint density at radius 1 is 1.43 bits per heavy atom. The van der Waals surface area contributed by atoms with Gasteiger partial charge in [-0.25, -0.2) is 4.39 Å². The van der Waals surface area contributed by atoms with Crippen molar-refractivity contribution in [1.82, 2.24) is 0 Å². The van der Waals surface area contributed by atoms with Crippen molar-refractivity contribution in [3.63, 3.8) is 0 Å². The van der Waals surface area contributed by atoms with Gasteiger partial charge in [0.25, 0.3) is 0 Å². The largest absolute Gasteiger partial charge is 0.459 e. The van der Waals surface area contributed by atoms with E-state index in [1.807, 2.05) is 20.8 Å². The zero-order valence-corrected chi connectivity index (χ0v) is 15.5. The first-order valence-electron chi connectivity index (χ1n) is 8.01. The lowest BCUT2D eigenvalue weighted by Gasteiger charge is -2.28. The highest BCUT2D eigenvalue weighted by molar-refractivity contribution is 9.09. The van der Waals surface area contributed by atoms with Gasteiger partial charge >= 0.3 is 5.97 Å². The van der Waals surface area contributed by atoms with E-state index in [4.69, 9.17) is 9.47 Å². The molecule has 2 rings (SSSR count). The van der Waals surface area contributed by atoms with Gasteiger partial charge < -0.3 is 9.47 Å². The molecule has 0 bridgehead atoms. The van der Waals surface area contributed by atoms with Gasteiger partial charge in [0.1, 0.15) is 11.4 Å². The lowest BCUT2D eigenvalue weighted by molar-refractivity contribution is -0.156. The highest BCUT2D eigenvalue weighted by Crippen LogP contribution is 2.35. The Morgan fingerprint density at radius 2 is 2.17 bits per heavy atom. The van der Waals surface area contributed by atoms with Gasteiger partial charge in [-0.05, 0) is 63.3 Å². The predicted molar refractivity (Wildman–Crippen MR) is 91.3 cm³/mol. The van der Waals surface area contributed by atoms with Crippen LogP contribution >= 0.6 is 15.9 Å². The minimum atomic E-state index is -0.577. The summed E-state index contributed by atoms with van der Waals surface area (Å²) in [4.78, 5) is 12.5. The second kappa shape index (κ2) is 7.75. The molecule has 2 atom stereocenters. The van der Waals surface area contributed by atoms with Crippen molar-refractivity contribution < 1.29 is 18.7 Å². The number of esters is 1. The number of rotatable bonds is 4. The zero-order valence-electron chi connectivity index (χ0n) is 13.9. The standard InChI is InChI=1S/C18H24BrFO3/c1-18(2,3)23-17(21)15(11-19)14-10-12(20)7-8-13(14)16-6-4-5-9-22-16/h7-8,10,15-16H,4-6,9,11H2,1-3H3/t15?,16-/m0/s1. The van der Waals surface area contributed by atoms with Crippen molar-refractivity contribution >= 4 is 21.9 Å². The topological polar surface area (TPSA) is 35.5 Å². The number of carbonyl (C=O) groups is 1. The number of ether oxygens (including phenoxy) is 2. The molecule has 1 aliphatic rings. The third-order valence-corrected chi connectivity index (χ3v) is 4.44. The van der Waals surface area contributed by atoms with E-state index in [0.29, 0.717) is 17.5 Å². The third kappa shape index (κ3) is 5.01. The molecule has 1 unspecified atom stereocenters. The van der Waals surface area contributed by atoms with E-state index in [1.165, 1.54) is 12.1 Å². The molecule has 0 amide bonds. The van der Waals surface area contributed by atoms with Crippen LogP contribution in [0, 0.1) is 5.82 Å². The molecule has 5 heteroatoms. The average molecular weight is 387 g/mol. The minimum Gasteiger partial charge on any atom is -0.459 e. The Balaban J connectivity index is 2.34. The molecule has 1 saturated heterocycles. The lowest BCUT2D eigenvalue weighted by Crippen LogP contribution is -2.29. The predicted octanol–water partition coefficient (Wildman–Crippen LogP) is 4.89. The molecular weight excluding hydrogens is 363 g/mol. The summed E-state index contributed by atoms with van der Waals surface area (Å²) in [6.45, 7) is 6.18. The Bertz CT molecular complexity index is 548. The van der Waals surface area contributed by atoms with Gasteiger partial charge in [0.15, 0.2) is 0 Å². The molecule has 23 heavy (non-hydrogen) atoms. The Morgan fingerprint density at radius 3 is 2.74 bits per heavy atom. The van der Waals surface area contributed by atoms with Crippen LogP contribution in [0.4, 0.5) is 4.39 Å². The van der Waals surface area contributed by atoms with Gasteiger partial charge in [0, 0.05) is 11.9 Å². The molecule has 1 aromatic carbocycles. The van der Waals surface area contributed by atoms with Crippen LogP contribution in [0.5, 0.6) is 0 Å². The SMILES string of the molecule is CC(C)(C)OC(=O)C(CBr)c1cc(F)ccc1[C@@H]1CCCCO1. The smallest absolute Gasteiger partial charge is 0.314 e. The monoisotopic (exact) mass is 386 g/mol. The molecule has 1 aromatic rings. The average Bonchev–Trinajstić information content (AvgIpc) is 2.47. The summed E-state index contributed by atoms with van der Waals surface area (Å²) < 4.78 is 25.1. The third-order valence-electron chi connectivity index (χ3n) is 3.80. The van der Waals surface area contributed by atoms with Gasteiger partial charge in [-0.15, -0.1) is 0 Å². The summed E-state index contributed by atoms with van der Waals surface area (Å²) in [5.41, 5.74) is 0.969. The fraction of sp³-hybridized carbons (Fsp3) is 0.611. The first kappa shape index (κ1) is 18.4. The summed E-state index contributed by atoms with van der Waals surface area (Å²) in [7, 11) is 0. The molecule has 0 aromatic heterocycles. The van der Waals surface area contributed by atoms with E-state index in [2.05, 4.69) is 15.9 Å². The first-order chi connectivity index (χ1) is 10.8. The number of benzene rings is 1. The molecule has 128 valence electrons. The highest BCUT2D eigenvalue weighted by atomic mass is 79.9. The second-order valence-electron chi connectivity index (χ2n) is 6.87. The number of carbonyl (C=O) groups excluding carboxylic acids is 1. The van der Waals surface area contributed by atoms with Crippen LogP contribution in [0.3, 0.4) is 0 Å². The van der Waals surface area contributed by atoms with Crippen molar-refractivity contribution in [2.24, 2.45) is 0 Å². The number of hydrogen-bond acceptors (Lipinski definition) is 3. The van der Waals surface area contributed by atoms with Gasteiger partial charge in [0.05, 0.1) is 12.0 Å². The molecule has 1 aliphatic heterocycles. The molecule has 3 nitrogen and oxygen atoms in total. The van der Waals surface area contributed by atoms with E-state index in [1.54, 1.807) is 6.07 Å². The van der Waals surface area contributed by atoms with E-state index < -0.39 is 11.5 Å². The molecule has 0 radical (unpaired) electrons. The molecule has 0 aliphatic carbocycles. The van der Waals surface area contributed by atoms with Gasteiger partial charge in [0.2, 0.25) is 0 Å². The first-order valence-corrected chi connectivity index (χ1v) is 9.14. The normalized spacial score (nSPS) is 20.1. The zero-order chi connectivity index (χ0) is 17.0. The summed E-state index contributed by atoms with van der Waals surface area (Å²) in [5, 5.41) is 0.380. The number of alkyl halides is 1. The van der Waals surface area contributed by atoms with E-state index in [0.717, 1.165) is 24.8 Å². The Hall–Kier alpha value is -0.940. The molecule has 1 fully saturated rings. The van der Waals surface area contributed by atoms with Crippen LogP contribution in [-0.4, -0.2) is 23.5 Å². The van der Waals surface area contributed by atoms with Crippen molar-refractivity contribution in [3.05, 3.63) is 35.1 Å². The highest BCUT2D eigenvalue weighted by Gasteiger charge is 2.30. The van der Waals surface area contributed by atoms with Crippen LogP contribution in [0.25, 0.3) is 0 Å². The van der Waals surface area contributed by atoms with Crippen molar-refractivity contribution in [3.8, 4) is 0 Å². The molecule has 1 heterocycles. The van der Waals surface area contributed by atoms with Crippen LogP contribution in [0.1, 0.15) is 63.2 Å².